The van der Waals surface area contributed by atoms with Crippen molar-refractivity contribution in [3.8, 4) is 0 Å². The highest BCUT2D eigenvalue weighted by molar-refractivity contribution is 7.52. The Morgan fingerprint density at radius 3 is 2.21 bits per heavy atom. The Morgan fingerprint density at radius 1 is 1.29 bits per heavy atom. The lowest BCUT2D eigenvalue weighted by molar-refractivity contribution is 0.0558. The average molecular weight is 222 g/mol. The minimum absolute atomic E-state index is 0.154. The topological polar surface area (TPSA) is 57.5 Å². The van der Waals surface area contributed by atoms with Crippen molar-refractivity contribution in [3.05, 3.63) is 35.4 Å². The van der Waals surface area contributed by atoms with Crippen LogP contribution in [0.3, 0.4) is 0 Å². The second-order valence-corrected chi connectivity index (χ2v) is 4.55. The fraction of sp³-hybridized carbons (Fsp3) is 0.250. The van der Waals surface area contributed by atoms with E-state index in [4.69, 9.17) is 9.79 Å². The molecule has 6 heteroatoms. The van der Waals surface area contributed by atoms with Gasteiger partial charge in [-0.1, -0.05) is 24.3 Å². The van der Waals surface area contributed by atoms with E-state index in [9.17, 15) is 13.3 Å². The van der Waals surface area contributed by atoms with Gasteiger partial charge >= 0.3 is 13.3 Å². The van der Waals surface area contributed by atoms with Gasteiger partial charge < -0.3 is 9.79 Å². The highest BCUT2D eigenvalue weighted by Crippen LogP contribution is 2.59. The number of alkyl halides is 2. The van der Waals surface area contributed by atoms with Crippen molar-refractivity contribution in [1.29, 1.82) is 0 Å². The van der Waals surface area contributed by atoms with Gasteiger partial charge in [0.05, 0.1) is 0 Å². The highest BCUT2D eigenvalue weighted by Gasteiger charge is 2.50. The minimum Gasteiger partial charge on any atom is -0.320 e. The Morgan fingerprint density at radius 2 is 1.79 bits per heavy atom. The summed E-state index contributed by atoms with van der Waals surface area (Å²) in [5.41, 5.74) is -4.59. The zero-order valence-corrected chi connectivity index (χ0v) is 8.21. The average Bonchev–Trinajstić information content (AvgIpc) is 2.02. The number of hydrogen-bond donors (Lipinski definition) is 2. The van der Waals surface area contributed by atoms with Gasteiger partial charge in [-0.05, 0) is 12.5 Å². The van der Waals surface area contributed by atoms with E-state index in [1.165, 1.54) is 25.1 Å². The molecule has 0 saturated heterocycles. The van der Waals surface area contributed by atoms with Gasteiger partial charge in [0, 0.05) is 5.56 Å². The molecule has 0 aliphatic heterocycles. The quantitative estimate of drug-likeness (QED) is 0.754. The molecule has 0 heterocycles. The molecule has 14 heavy (non-hydrogen) atoms. The molecule has 0 saturated carbocycles. The highest BCUT2D eigenvalue weighted by atomic mass is 31.2. The third-order valence-electron chi connectivity index (χ3n) is 1.83. The van der Waals surface area contributed by atoms with Gasteiger partial charge in [0.15, 0.2) is 0 Å². The Kier molecular flexibility index (Phi) is 2.76. The predicted molar refractivity (Wildman–Crippen MR) is 47.1 cm³/mol. The van der Waals surface area contributed by atoms with E-state index < -0.39 is 18.8 Å². The van der Waals surface area contributed by atoms with Crippen LogP contribution in [-0.2, 0) is 10.2 Å². The summed E-state index contributed by atoms with van der Waals surface area (Å²) in [5, 5.41) is 0. The molecule has 1 aromatic carbocycles. The summed E-state index contributed by atoms with van der Waals surface area (Å²) in [4.78, 5) is 17.0. The molecule has 1 rings (SSSR count). The Bertz CT molecular complexity index is 386. The minimum atomic E-state index is -5.45. The summed E-state index contributed by atoms with van der Waals surface area (Å²) in [6.07, 6.45) is 0. The fourth-order valence-corrected chi connectivity index (χ4v) is 1.63. The van der Waals surface area contributed by atoms with Crippen molar-refractivity contribution in [2.45, 2.75) is 12.6 Å². The lowest BCUT2D eigenvalue weighted by atomic mass is 10.1. The van der Waals surface area contributed by atoms with Crippen LogP contribution in [0, 0.1) is 6.92 Å². The first-order valence-corrected chi connectivity index (χ1v) is 5.37. The van der Waals surface area contributed by atoms with Crippen molar-refractivity contribution >= 4 is 7.60 Å². The van der Waals surface area contributed by atoms with Gasteiger partial charge in [0.2, 0.25) is 0 Å². The molecule has 2 N–H and O–H groups in total. The Balaban J connectivity index is 3.31. The smallest absolute Gasteiger partial charge is 0.320 e. The number of rotatable bonds is 2. The Hall–Kier alpha value is -0.770. The SMILES string of the molecule is Cc1ccccc1C(F)(F)P(=O)(O)O. The molecule has 0 aliphatic rings. The molecule has 0 fully saturated rings. The van der Waals surface area contributed by atoms with Gasteiger partial charge in [-0.2, -0.15) is 8.78 Å². The summed E-state index contributed by atoms with van der Waals surface area (Å²) < 4.78 is 36.9. The molecule has 78 valence electrons. The molecule has 0 amide bonds. The Labute approximate surface area is 79.5 Å². The molecule has 0 bridgehead atoms. The summed E-state index contributed by atoms with van der Waals surface area (Å²) in [6, 6.07) is 5.22. The van der Waals surface area contributed by atoms with Crippen LogP contribution in [0.2, 0.25) is 0 Å². The van der Waals surface area contributed by atoms with Crippen LogP contribution in [0.15, 0.2) is 24.3 Å². The van der Waals surface area contributed by atoms with Gasteiger partial charge in [-0.15, -0.1) is 0 Å². The maximum atomic E-state index is 13.2. The van der Waals surface area contributed by atoms with Crippen LogP contribution < -0.4 is 0 Å². The number of hydrogen-bond acceptors (Lipinski definition) is 1. The maximum Gasteiger partial charge on any atom is 0.399 e. The summed E-state index contributed by atoms with van der Waals surface area (Å²) in [5.74, 6) is 0. The van der Waals surface area contributed by atoms with E-state index in [2.05, 4.69) is 0 Å². The van der Waals surface area contributed by atoms with Crippen LogP contribution in [-0.4, -0.2) is 9.79 Å². The lowest BCUT2D eigenvalue weighted by Crippen LogP contribution is -2.15. The zero-order valence-electron chi connectivity index (χ0n) is 7.32. The van der Waals surface area contributed by atoms with E-state index in [0.717, 1.165) is 6.07 Å². The van der Waals surface area contributed by atoms with E-state index in [1.54, 1.807) is 0 Å². The molecular weight excluding hydrogens is 213 g/mol. The molecule has 0 unspecified atom stereocenters. The molecule has 0 aliphatic carbocycles. The molecule has 0 atom stereocenters. The van der Waals surface area contributed by atoms with Crippen molar-refractivity contribution in [2.75, 3.05) is 0 Å². The van der Waals surface area contributed by atoms with E-state index in [-0.39, 0.29) is 5.56 Å². The van der Waals surface area contributed by atoms with E-state index in [1.807, 2.05) is 0 Å². The molecular formula is C8H9F2O3P. The zero-order chi connectivity index (χ0) is 11.0. The van der Waals surface area contributed by atoms with Crippen LogP contribution in [0.1, 0.15) is 11.1 Å². The predicted octanol–water partition coefficient (Wildman–Crippen LogP) is 2.22. The normalized spacial score (nSPS) is 12.9. The molecule has 0 radical (unpaired) electrons. The first-order valence-electron chi connectivity index (χ1n) is 3.76. The second-order valence-electron chi connectivity index (χ2n) is 2.90. The largest absolute Gasteiger partial charge is 0.399 e. The summed E-state index contributed by atoms with van der Waals surface area (Å²) in [7, 11) is -5.45. The monoisotopic (exact) mass is 222 g/mol. The van der Waals surface area contributed by atoms with E-state index in [0.29, 0.717) is 0 Å². The van der Waals surface area contributed by atoms with Crippen LogP contribution in [0.5, 0.6) is 0 Å². The third-order valence-corrected chi connectivity index (χ3v) is 2.81. The number of aryl methyl sites for hydroxylation is 1. The lowest BCUT2D eigenvalue weighted by Gasteiger charge is -2.19. The van der Waals surface area contributed by atoms with E-state index >= 15 is 0 Å². The van der Waals surface area contributed by atoms with Crippen molar-refractivity contribution in [1.82, 2.24) is 0 Å². The first-order chi connectivity index (χ1) is 6.27. The maximum absolute atomic E-state index is 13.2. The van der Waals surface area contributed by atoms with Gasteiger partial charge in [-0.25, -0.2) is 0 Å². The summed E-state index contributed by atoms with van der Waals surface area (Å²) in [6.45, 7) is 1.37. The van der Waals surface area contributed by atoms with Crippen LogP contribution >= 0.6 is 7.60 Å². The van der Waals surface area contributed by atoms with Crippen molar-refractivity contribution in [3.63, 3.8) is 0 Å². The van der Waals surface area contributed by atoms with Crippen LogP contribution in [0.25, 0.3) is 0 Å². The van der Waals surface area contributed by atoms with Gasteiger partial charge in [0.25, 0.3) is 0 Å². The molecule has 0 spiro atoms. The first kappa shape index (κ1) is 11.3. The van der Waals surface area contributed by atoms with Crippen molar-refractivity contribution in [2.24, 2.45) is 0 Å². The number of halogens is 2. The van der Waals surface area contributed by atoms with Gasteiger partial charge in [0.1, 0.15) is 0 Å². The standard InChI is InChI=1S/C8H9F2O3P/c1-6-4-2-3-5-7(6)8(9,10)14(11,12)13/h2-5H,1H3,(H2,11,12,13). The second kappa shape index (κ2) is 3.42. The summed E-state index contributed by atoms with van der Waals surface area (Å²) >= 11 is 0. The molecule has 1 aromatic rings. The van der Waals surface area contributed by atoms with Gasteiger partial charge in [-0.3, -0.25) is 4.57 Å². The number of benzene rings is 1. The molecule has 0 aromatic heterocycles. The third kappa shape index (κ3) is 1.85. The van der Waals surface area contributed by atoms with Crippen LogP contribution in [0.4, 0.5) is 8.78 Å². The molecule has 3 nitrogen and oxygen atoms in total. The van der Waals surface area contributed by atoms with Crippen molar-refractivity contribution < 1.29 is 23.1 Å². The fourth-order valence-electron chi connectivity index (χ4n) is 1.07.